The van der Waals surface area contributed by atoms with Gasteiger partial charge in [0, 0.05) is 10.9 Å². The molecule has 1 N–H and O–H groups in total. The lowest BCUT2D eigenvalue weighted by atomic mass is 10.1. The van der Waals surface area contributed by atoms with Crippen molar-refractivity contribution in [3.8, 4) is 11.3 Å². The Labute approximate surface area is 124 Å². The van der Waals surface area contributed by atoms with E-state index < -0.39 is 0 Å². The first-order valence-electron chi connectivity index (χ1n) is 6.63. The number of rotatable bonds is 1. The molecule has 0 aliphatic carbocycles. The average Bonchev–Trinajstić information content (AvgIpc) is 3.02. The topological polar surface area (TPSA) is 88.6 Å². The van der Waals surface area contributed by atoms with Gasteiger partial charge in [0.2, 0.25) is 11.1 Å². The standard InChI is InChI=1S/C15H10N6O/c22-18-14-15-17-19-20-21(15)12-9-5-4-8-11(12)13(16-14)10-6-2-1-3-7-10/h1-9,22H. The summed E-state index contributed by atoms with van der Waals surface area (Å²) in [4.78, 5) is 4.47. The highest BCUT2D eigenvalue weighted by molar-refractivity contribution is 5.92. The molecule has 0 atom stereocenters. The van der Waals surface area contributed by atoms with Gasteiger partial charge in [0.05, 0.1) is 11.2 Å². The maximum Gasteiger partial charge on any atom is 0.238 e. The van der Waals surface area contributed by atoms with Gasteiger partial charge in [0.25, 0.3) is 0 Å². The molecule has 7 nitrogen and oxygen atoms in total. The van der Waals surface area contributed by atoms with Crippen molar-refractivity contribution in [3.05, 3.63) is 60.1 Å². The third kappa shape index (κ3) is 1.80. The zero-order valence-electron chi connectivity index (χ0n) is 11.3. The van der Waals surface area contributed by atoms with Gasteiger partial charge < -0.3 is 5.21 Å². The summed E-state index contributed by atoms with van der Waals surface area (Å²) >= 11 is 0. The van der Waals surface area contributed by atoms with E-state index in [2.05, 4.69) is 25.7 Å². The number of nitrogens with zero attached hydrogens (tertiary/aromatic N) is 6. The molecule has 2 heterocycles. The van der Waals surface area contributed by atoms with Gasteiger partial charge in [-0.05, 0) is 16.5 Å². The first kappa shape index (κ1) is 12.4. The van der Waals surface area contributed by atoms with E-state index in [1.807, 2.05) is 54.6 Å². The van der Waals surface area contributed by atoms with Crippen molar-refractivity contribution in [2.24, 2.45) is 5.16 Å². The van der Waals surface area contributed by atoms with E-state index in [1.165, 1.54) is 4.52 Å². The molecule has 0 spiro atoms. The Morgan fingerprint density at radius 1 is 0.955 bits per heavy atom. The van der Waals surface area contributed by atoms with E-state index in [0.717, 1.165) is 16.5 Å². The van der Waals surface area contributed by atoms with Crippen molar-refractivity contribution < 1.29 is 5.21 Å². The van der Waals surface area contributed by atoms with Crippen molar-refractivity contribution in [2.45, 2.75) is 0 Å². The summed E-state index contributed by atoms with van der Waals surface area (Å²) in [6.07, 6.45) is 0. The van der Waals surface area contributed by atoms with Crippen molar-refractivity contribution in [1.29, 1.82) is 0 Å². The molecule has 0 aliphatic rings. The van der Waals surface area contributed by atoms with Gasteiger partial charge in [-0.2, -0.15) is 4.52 Å². The fraction of sp³-hybridized carbons (Fsp3) is 0. The highest BCUT2D eigenvalue weighted by Crippen LogP contribution is 2.24. The van der Waals surface area contributed by atoms with Gasteiger partial charge in [0.15, 0.2) is 0 Å². The SMILES string of the molecule is ON=c1nc(-c2ccccc2)c2ccccc2n2nnnc12. The van der Waals surface area contributed by atoms with Crippen LogP contribution in [0.5, 0.6) is 0 Å². The van der Waals surface area contributed by atoms with Crippen LogP contribution in [0.4, 0.5) is 0 Å². The molecule has 2 aromatic carbocycles. The first-order chi connectivity index (χ1) is 10.9. The summed E-state index contributed by atoms with van der Waals surface area (Å²) in [5.74, 6) is 0. The fourth-order valence-electron chi connectivity index (χ4n) is 2.45. The number of fused-ring (bicyclic) bond motifs is 3. The predicted molar refractivity (Wildman–Crippen MR) is 78.9 cm³/mol. The summed E-state index contributed by atoms with van der Waals surface area (Å²) in [5, 5.41) is 24.9. The van der Waals surface area contributed by atoms with Crippen LogP contribution in [0.2, 0.25) is 0 Å². The maximum atomic E-state index is 9.30. The van der Waals surface area contributed by atoms with E-state index in [1.54, 1.807) is 0 Å². The minimum atomic E-state index is 0.0695. The Balaban J connectivity index is 2.30. The van der Waals surface area contributed by atoms with Crippen LogP contribution in [-0.4, -0.2) is 30.2 Å². The number of para-hydroxylation sites is 1. The van der Waals surface area contributed by atoms with Crippen molar-refractivity contribution in [1.82, 2.24) is 25.0 Å². The lowest BCUT2D eigenvalue weighted by molar-refractivity contribution is 0.299. The van der Waals surface area contributed by atoms with Gasteiger partial charge in [-0.3, -0.25) is 0 Å². The molecule has 0 fully saturated rings. The number of hydrogen-bond acceptors (Lipinski definition) is 6. The summed E-state index contributed by atoms with van der Waals surface area (Å²) in [6, 6.07) is 17.3. The van der Waals surface area contributed by atoms with E-state index in [0.29, 0.717) is 11.3 Å². The Bertz CT molecular complexity index is 1040. The van der Waals surface area contributed by atoms with Crippen LogP contribution in [-0.2, 0) is 0 Å². The van der Waals surface area contributed by atoms with Crippen LogP contribution in [0, 0.1) is 0 Å². The summed E-state index contributed by atoms with van der Waals surface area (Å²) in [6.45, 7) is 0. The number of hydrogen-bond donors (Lipinski definition) is 1. The first-order valence-corrected chi connectivity index (χ1v) is 6.63. The Morgan fingerprint density at radius 3 is 2.55 bits per heavy atom. The van der Waals surface area contributed by atoms with Crippen LogP contribution in [0.15, 0.2) is 59.8 Å². The molecule has 106 valence electrons. The number of benzene rings is 2. The van der Waals surface area contributed by atoms with Crippen LogP contribution < -0.4 is 5.49 Å². The van der Waals surface area contributed by atoms with Gasteiger partial charge in [0.1, 0.15) is 0 Å². The van der Waals surface area contributed by atoms with Crippen molar-refractivity contribution >= 4 is 16.6 Å². The molecular weight excluding hydrogens is 280 g/mol. The minimum absolute atomic E-state index is 0.0695. The Hall–Kier alpha value is -3.35. The lowest BCUT2D eigenvalue weighted by Crippen LogP contribution is -2.09. The van der Waals surface area contributed by atoms with E-state index >= 15 is 0 Å². The van der Waals surface area contributed by atoms with Crippen molar-refractivity contribution in [2.75, 3.05) is 0 Å². The van der Waals surface area contributed by atoms with Crippen LogP contribution in [0.1, 0.15) is 0 Å². The normalized spacial score (nSPS) is 12.1. The second-order valence-electron chi connectivity index (χ2n) is 4.68. The largest absolute Gasteiger partial charge is 0.409 e. The summed E-state index contributed by atoms with van der Waals surface area (Å²) < 4.78 is 1.52. The smallest absolute Gasteiger partial charge is 0.238 e. The van der Waals surface area contributed by atoms with E-state index in [-0.39, 0.29) is 5.49 Å². The third-order valence-corrected chi connectivity index (χ3v) is 3.42. The number of aromatic nitrogens is 5. The minimum Gasteiger partial charge on any atom is -0.409 e. The molecule has 4 aromatic rings. The highest BCUT2D eigenvalue weighted by atomic mass is 16.4. The average molecular weight is 290 g/mol. The Kier molecular flexibility index (Phi) is 2.75. The molecule has 22 heavy (non-hydrogen) atoms. The lowest BCUT2D eigenvalue weighted by Gasteiger charge is -2.01. The molecule has 0 unspecified atom stereocenters. The van der Waals surface area contributed by atoms with E-state index in [9.17, 15) is 5.21 Å². The van der Waals surface area contributed by atoms with Crippen LogP contribution >= 0.6 is 0 Å². The van der Waals surface area contributed by atoms with E-state index in [4.69, 9.17) is 0 Å². The number of tetrazole rings is 1. The molecule has 0 amide bonds. The monoisotopic (exact) mass is 290 g/mol. The molecule has 0 radical (unpaired) electrons. The predicted octanol–water partition coefficient (Wildman–Crippen LogP) is 1.63. The van der Waals surface area contributed by atoms with Crippen LogP contribution in [0.25, 0.3) is 27.8 Å². The Morgan fingerprint density at radius 2 is 1.73 bits per heavy atom. The summed E-state index contributed by atoms with van der Waals surface area (Å²) in [7, 11) is 0. The molecule has 4 rings (SSSR count). The summed E-state index contributed by atoms with van der Waals surface area (Å²) in [5.41, 5.74) is 2.75. The van der Waals surface area contributed by atoms with Crippen molar-refractivity contribution in [3.63, 3.8) is 0 Å². The molecule has 0 aliphatic heterocycles. The third-order valence-electron chi connectivity index (χ3n) is 3.42. The quantitative estimate of drug-likeness (QED) is 0.425. The zero-order valence-corrected chi connectivity index (χ0v) is 11.3. The highest BCUT2D eigenvalue weighted by Gasteiger charge is 2.11. The van der Waals surface area contributed by atoms with Gasteiger partial charge in [-0.1, -0.05) is 53.7 Å². The van der Waals surface area contributed by atoms with Gasteiger partial charge in [-0.25, -0.2) is 4.98 Å². The fourth-order valence-corrected chi connectivity index (χ4v) is 2.45. The zero-order chi connectivity index (χ0) is 14.9. The second-order valence-corrected chi connectivity index (χ2v) is 4.68. The molecule has 0 saturated heterocycles. The molecule has 2 aromatic heterocycles. The van der Waals surface area contributed by atoms with Gasteiger partial charge >= 0.3 is 0 Å². The molecule has 0 saturated carbocycles. The van der Waals surface area contributed by atoms with Gasteiger partial charge in [-0.15, -0.1) is 5.10 Å². The molecular formula is C15H10N6O. The maximum absolute atomic E-state index is 9.30. The van der Waals surface area contributed by atoms with Crippen LogP contribution in [0.3, 0.4) is 0 Å². The molecule has 7 heteroatoms. The second kappa shape index (κ2) is 4.88. The molecule has 0 bridgehead atoms.